The van der Waals surface area contributed by atoms with E-state index in [0.29, 0.717) is 11.3 Å². The number of fused-ring (bicyclic) bond motifs is 1. The quantitative estimate of drug-likeness (QED) is 0.469. The maximum Gasteiger partial charge on any atom is 0.269 e. The van der Waals surface area contributed by atoms with Crippen molar-refractivity contribution in [2.75, 3.05) is 11.8 Å². The van der Waals surface area contributed by atoms with Crippen LogP contribution in [0.4, 0.5) is 5.69 Å². The standard InChI is InChI=1S/C25H25N3O5S/c1-33-23-12-5-4-11-22(23)28-34(31,32)21-10-6-9-19(16-21)24(29)26-27-25(30)20-14-13-17-7-2-3-8-18(17)15-20/h4-6,9-16,28H,2-3,7-8H2,1H3,(H,26,29)(H,27,30). The van der Waals surface area contributed by atoms with Crippen LogP contribution >= 0.6 is 0 Å². The number of benzene rings is 3. The van der Waals surface area contributed by atoms with Crippen LogP contribution in [-0.2, 0) is 22.9 Å². The second-order valence-electron chi connectivity index (χ2n) is 7.93. The summed E-state index contributed by atoms with van der Waals surface area (Å²) in [5.41, 5.74) is 7.97. The maximum absolute atomic E-state index is 12.8. The van der Waals surface area contributed by atoms with Crippen molar-refractivity contribution in [3.63, 3.8) is 0 Å². The Kier molecular flexibility index (Phi) is 6.83. The van der Waals surface area contributed by atoms with E-state index < -0.39 is 21.8 Å². The van der Waals surface area contributed by atoms with Gasteiger partial charge in [0.1, 0.15) is 5.75 Å². The number of carbonyl (C=O) groups excluding carboxylic acids is 2. The normalized spacial score (nSPS) is 12.9. The number of para-hydroxylation sites is 2. The van der Waals surface area contributed by atoms with E-state index in [-0.39, 0.29) is 16.1 Å². The molecule has 1 aliphatic carbocycles. The summed E-state index contributed by atoms with van der Waals surface area (Å²) in [6, 6.07) is 17.7. The molecule has 3 N–H and O–H groups in total. The second kappa shape index (κ2) is 9.96. The van der Waals surface area contributed by atoms with Crippen molar-refractivity contribution in [3.8, 4) is 5.75 Å². The number of hydrazine groups is 1. The summed E-state index contributed by atoms with van der Waals surface area (Å²) >= 11 is 0. The lowest BCUT2D eigenvalue weighted by atomic mass is 9.90. The third kappa shape index (κ3) is 5.20. The molecule has 3 aromatic rings. The third-order valence-corrected chi connectivity index (χ3v) is 7.02. The van der Waals surface area contributed by atoms with Crippen molar-refractivity contribution >= 4 is 27.5 Å². The maximum atomic E-state index is 12.8. The average Bonchev–Trinajstić information content (AvgIpc) is 2.87. The molecule has 1 aliphatic rings. The Morgan fingerprint density at radius 1 is 0.794 bits per heavy atom. The topological polar surface area (TPSA) is 114 Å². The molecule has 0 saturated carbocycles. The van der Waals surface area contributed by atoms with E-state index in [1.165, 1.54) is 36.9 Å². The lowest BCUT2D eigenvalue weighted by molar-refractivity contribution is 0.0846. The Morgan fingerprint density at radius 2 is 1.47 bits per heavy atom. The average molecular weight is 480 g/mol. The molecule has 4 rings (SSSR count). The molecule has 0 saturated heterocycles. The molecule has 8 nitrogen and oxygen atoms in total. The van der Waals surface area contributed by atoms with Gasteiger partial charge in [0.15, 0.2) is 0 Å². The minimum Gasteiger partial charge on any atom is -0.495 e. The summed E-state index contributed by atoms with van der Waals surface area (Å²) in [4.78, 5) is 25.0. The Bertz CT molecular complexity index is 1340. The largest absolute Gasteiger partial charge is 0.495 e. The van der Waals surface area contributed by atoms with E-state index in [1.807, 2.05) is 12.1 Å². The first-order chi connectivity index (χ1) is 16.4. The molecule has 0 aliphatic heterocycles. The number of nitrogens with one attached hydrogen (secondary N) is 3. The van der Waals surface area contributed by atoms with Gasteiger partial charge in [0.2, 0.25) is 0 Å². The van der Waals surface area contributed by atoms with Crippen LogP contribution in [0.3, 0.4) is 0 Å². The van der Waals surface area contributed by atoms with Gasteiger partial charge in [-0.2, -0.15) is 0 Å². The van der Waals surface area contributed by atoms with E-state index in [0.717, 1.165) is 31.2 Å². The Morgan fingerprint density at radius 3 is 2.21 bits per heavy atom. The minimum absolute atomic E-state index is 0.0774. The number of sulfonamides is 1. The highest BCUT2D eigenvalue weighted by Crippen LogP contribution is 2.26. The zero-order valence-electron chi connectivity index (χ0n) is 18.6. The number of methoxy groups -OCH3 is 1. The van der Waals surface area contributed by atoms with Crippen LogP contribution in [-0.4, -0.2) is 27.3 Å². The SMILES string of the molecule is COc1ccccc1NS(=O)(=O)c1cccc(C(=O)NNC(=O)c2ccc3c(c2)CCCC3)c1. The summed E-state index contributed by atoms with van der Waals surface area (Å²) < 4.78 is 33.3. The molecule has 3 aromatic carbocycles. The molecule has 34 heavy (non-hydrogen) atoms. The summed E-state index contributed by atoms with van der Waals surface area (Å²) in [5, 5.41) is 0. The second-order valence-corrected chi connectivity index (χ2v) is 9.61. The fourth-order valence-electron chi connectivity index (χ4n) is 3.87. The van der Waals surface area contributed by atoms with Gasteiger partial charge < -0.3 is 4.74 Å². The van der Waals surface area contributed by atoms with Crippen molar-refractivity contribution in [2.45, 2.75) is 30.6 Å². The van der Waals surface area contributed by atoms with Crippen molar-refractivity contribution < 1.29 is 22.7 Å². The van der Waals surface area contributed by atoms with E-state index in [2.05, 4.69) is 15.6 Å². The Hall–Kier alpha value is -3.85. The summed E-state index contributed by atoms with van der Waals surface area (Å²) in [5.74, 6) is -0.714. The molecule has 2 amide bonds. The molecule has 9 heteroatoms. The van der Waals surface area contributed by atoms with E-state index in [4.69, 9.17) is 4.74 Å². The van der Waals surface area contributed by atoms with Gasteiger partial charge in [0.25, 0.3) is 21.8 Å². The summed E-state index contributed by atoms with van der Waals surface area (Å²) in [6.45, 7) is 0. The summed E-state index contributed by atoms with van der Waals surface area (Å²) in [6.07, 6.45) is 4.20. The Balaban J connectivity index is 1.44. The molecule has 0 atom stereocenters. The molecular formula is C25H25N3O5S. The highest BCUT2D eigenvalue weighted by Gasteiger charge is 2.19. The van der Waals surface area contributed by atoms with E-state index >= 15 is 0 Å². The van der Waals surface area contributed by atoms with Crippen molar-refractivity contribution in [1.29, 1.82) is 0 Å². The molecule has 0 unspecified atom stereocenters. The molecule has 0 fully saturated rings. The van der Waals surface area contributed by atoms with Crippen LogP contribution in [0.1, 0.15) is 44.7 Å². The molecule has 0 heterocycles. The van der Waals surface area contributed by atoms with Crippen LogP contribution in [0.2, 0.25) is 0 Å². The number of amides is 2. The number of ether oxygens (including phenoxy) is 1. The van der Waals surface area contributed by atoms with Gasteiger partial charge in [-0.25, -0.2) is 8.42 Å². The first-order valence-electron chi connectivity index (χ1n) is 10.9. The highest BCUT2D eigenvalue weighted by molar-refractivity contribution is 7.92. The number of carbonyl (C=O) groups is 2. The van der Waals surface area contributed by atoms with Gasteiger partial charge in [-0.3, -0.25) is 25.2 Å². The summed E-state index contributed by atoms with van der Waals surface area (Å²) in [7, 11) is -2.54. The van der Waals surface area contributed by atoms with Crippen LogP contribution in [0.15, 0.2) is 71.6 Å². The predicted molar refractivity (Wildman–Crippen MR) is 128 cm³/mol. The zero-order chi connectivity index (χ0) is 24.1. The third-order valence-electron chi connectivity index (χ3n) is 5.66. The molecular weight excluding hydrogens is 454 g/mol. The number of rotatable bonds is 6. The van der Waals surface area contributed by atoms with Gasteiger partial charge in [-0.1, -0.05) is 24.3 Å². The van der Waals surface area contributed by atoms with Crippen LogP contribution in [0, 0.1) is 0 Å². The van der Waals surface area contributed by atoms with Gasteiger partial charge >= 0.3 is 0 Å². The van der Waals surface area contributed by atoms with Crippen LogP contribution < -0.4 is 20.3 Å². The molecule has 0 spiro atoms. The van der Waals surface area contributed by atoms with Crippen molar-refractivity contribution in [2.24, 2.45) is 0 Å². The molecule has 0 bridgehead atoms. The number of anilines is 1. The van der Waals surface area contributed by atoms with E-state index in [1.54, 1.807) is 30.3 Å². The van der Waals surface area contributed by atoms with Crippen LogP contribution in [0.25, 0.3) is 0 Å². The first-order valence-corrected chi connectivity index (χ1v) is 12.3. The first kappa shape index (κ1) is 23.3. The van der Waals surface area contributed by atoms with Gasteiger partial charge in [0.05, 0.1) is 17.7 Å². The highest BCUT2D eigenvalue weighted by atomic mass is 32.2. The monoisotopic (exact) mass is 479 g/mol. The smallest absolute Gasteiger partial charge is 0.269 e. The fraction of sp³-hybridized carbons (Fsp3) is 0.200. The fourth-order valence-corrected chi connectivity index (χ4v) is 4.99. The lowest BCUT2D eigenvalue weighted by Crippen LogP contribution is -2.41. The number of hydrogen-bond acceptors (Lipinski definition) is 5. The Labute approximate surface area is 198 Å². The van der Waals surface area contributed by atoms with Crippen molar-refractivity contribution in [3.05, 3.63) is 89.0 Å². The predicted octanol–water partition coefficient (Wildman–Crippen LogP) is 3.45. The van der Waals surface area contributed by atoms with Crippen LogP contribution in [0.5, 0.6) is 5.75 Å². The number of aryl methyl sites for hydroxylation is 2. The molecule has 0 aromatic heterocycles. The van der Waals surface area contributed by atoms with Gasteiger partial charge in [-0.05, 0) is 79.3 Å². The van der Waals surface area contributed by atoms with E-state index in [9.17, 15) is 18.0 Å². The molecule has 176 valence electrons. The lowest BCUT2D eigenvalue weighted by Gasteiger charge is -2.16. The van der Waals surface area contributed by atoms with Gasteiger partial charge in [-0.15, -0.1) is 0 Å². The number of hydrogen-bond donors (Lipinski definition) is 3. The molecule has 0 radical (unpaired) electrons. The van der Waals surface area contributed by atoms with Gasteiger partial charge in [0, 0.05) is 11.1 Å². The van der Waals surface area contributed by atoms with Crippen molar-refractivity contribution in [1.82, 2.24) is 10.9 Å². The zero-order valence-corrected chi connectivity index (χ0v) is 19.4. The minimum atomic E-state index is -3.98.